The van der Waals surface area contributed by atoms with E-state index in [4.69, 9.17) is 13.7 Å². The first-order valence-electron chi connectivity index (χ1n) is 6.66. The van der Waals surface area contributed by atoms with Crippen molar-refractivity contribution in [3.05, 3.63) is 0 Å². The van der Waals surface area contributed by atoms with E-state index in [9.17, 15) is 0 Å². The number of nitrogens with one attached hydrogen (secondary N) is 1. The molecular weight excluding hydrogens is 90.1 g/mol. The molecule has 0 radical (unpaired) electrons. The molecule has 1 unspecified atom stereocenters. The zero-order valence-corrected chi connectivity index (χ0v) is 3.41. The third kappa shape index (κ3) is 1.14. The lowest BCUT2D eigenvalue weighted by atomic mass is 10.3. The molecule has 0 aromatic carbocycles. The Labute approximate surface area is 57.9 Å². The van der Waals surface area contributed by atoms with Gasteiger partial charge in [0, 0.05) is 21.8 Å². The van der Waals surface area contributed by atoms with Crippen LogP contribution in [-0.4, -0.2) is 26.1 Å². The van der Waals surface area contributed by atoms with Crippen LogP contribution in [0.1, 0.15) is 20.1 Å². The summed E-state index contributed by atoms with van der Waals surface area (Å²) in [6.07, 6.45) is -6.41. The van der Waals surface area contributed by atoms with Crippen molar-refractivity contribution in [3.8, 4) is 0 Å². The van der Waals surface area contributed by atoms with Crippen molar-refractivity contribution >= 4 is 0 Å². The summed E-state index contributed by atoms with van der Waals surface area (Å²) in [4.78, 5) is 0. The molecule has 0 aromatic rings. The normalized spacial score (nSPS) is 86.3. The van der Waals surface area contributed by atoms with Crippen molar-refractivity contribution in [1.82, 2.24) is 5.32 Å². The maximum Gasteiger partial charge on any atom is 0.0707 e. The van der Waals surface area contributed by atoms with Crippen LogP contribution in [0.2, 0.25) is 0 Å². The summed E-state index contributed by atoms with van der Waals surface area (Å²) < 4.78 is 76.2. The van der Waals surface area contributed by atoms with Crippen LogP contribution in [-0.2, 0) is 4.74 Å². The van der Waals surface area contributed by atoms with Gasteiger partial charge in [-0.25, -0.2) is 0 Å². The third-order valence-corrected chi connectivity index (χ3v) is 0.517. The summed E-state index contributed by atoms with van der Waals surface area (Å²) in [5.74, 6) is 0. The van der Waals surface area contributed by atoms with Crippen LogP contribution in [0.15, 0.2) is 0 Å². The van der Waals surface area contributed by atoms with Crippen LogP contribution in [0, 0.1) is 0 Å². The zero-order valence-electron chi connectivity index (χ0n) is 13.4. The largest absolute Gasteiger partial charge is 0.380 e. The van der Waals surface area contributed by atoms with Gasteiger partial charge < -0.3 is 10.1 Å². The summed E-state index contributed by atoms with van der Waals surface area (Å²) in [5.41, 5.74) is 0. The fourth-order valence-electron chi connectivity index (χ4n) is 0.258. The highest BCUT2D eigenvalue weighted by Crippen LogP contribution is 1.99. The summed E-state index contributed by atoms with van der Waals surface area (Å²) in [7, 11) is -3.22. The zero-order chi connectivity index (χ0) is 13.9. The molecule has 7 heavy (non-hydrogen) atoms. The molecule has 1 heterocycles. The average Bonchev–Trinajstić information content (AvgIpc) is 2.03. The predicted molar refractivity (Wildman–Crippen MR) is 28.3 cm³/mol. The fourth-order valence-corrected chi connectivity index (χ4v) is 0.258. The monoisotopic (exact) mass is 111 g/mol. The Balaban J connectivity index is 3.28. The molecule has 0 saturated carbocycles. The minimum atomic E-state index is -3.23. The number of rotatable bonds is 1. The maximum atomic E-state index is 7.56. The van der Waals surface area contributed by atoms with Crippen LogP contribution in [0.5, 0.6) is 0 Å². The van der Waals surface area contributed by atoms with E-state index in [0.29, 0.717) is 0 Å². The van der Waals surface area contributed by atoms with E-state index in [1.165, 1.54) is 0 Å². The molecule has 1 atom stereocenters. The third-order valence-electron chi connectivity index (χ3n) is 0.517. The summed E-state index contributed by atoms with van der Waals surface area (Å²) in [6, 6.07) is 0. The predicted octanol–water partition coefficient (Wildman–Crippen LogP) is -0.00530. The molecule has 1 aliphatic heterocycles. The van der Waals surface area contributed by atoms with Gasteiger partial charge in [0.25, 0.3) is 0 Å². The lowest BCUT2D eigenvalue weighted by Gasteiger charge is -2.01. The highest BCUT2D eigenvalue weighted by atomic mass is 16.5. The van der Waals surface area contributed by atoms with Gasteiger partial charge in [0.2, 0.25) is 0 Å². The average molecular weight is 111 g/mol. The Kier molecular flexibility index (Phi) is 0.276. The van der Waals surface area contributed by atoms with Crippen molar-refractivity contribution < 1.29 is 18.4 Å². The number of methoxy groups -OCH3 is 1. The standard InChI is InChI=1S/C5H11NO/c1-7-5-2-3-6-4-5/h5-6H,2-4H2,1H3/i1D3,2D2,3D2,4D2,5D. The number of hydrogen-bond acceptors (Lipinski definition) is 2. The van der Waals surface area contributed by atoms with Crippen molar-refractivity contribution in [1.29, 1.82) is 0 Å². The summed E-state index contributed by atoms with van der Waals surface area (Å²) in [5, 5.41) is 1.60. The molecule has 0 amide bonds. The van der Waals surface area contributed by atoms with Gasteiger partial charge in [-0.3, -0.25) is 0 Å². The van der Waals surface area contributed by atoms with Gasteiger partial charge in [0.05, 0.1) is 11.6 Å². The van der Waals surface area contributed by atoms with E-state index < -0.39 is 32.5 Å². The van der Waals surface area contributed by atoms with Crippen LogP contribution in [0.3, 0.4) is 0 Å². The topological polar surface area (TPSA) is 21.3 Å². The van der Waals surface area contributed by atoms with Gasteiger partial charge >= 0.3 is 0 Å². The van der Waals surface area contributed by atoms with Crippen LogP contribution >= 0.6 is 0 Å². The quantitative estimate of drug-likeness (QED) is 0.514. The van der Waals surface area contributed by atoms with E-state index in [1.54, 1.807) is 5.32 Å². The second kappa shape index (κ2) is 2.28. The minimum Gasteiger partial charge on any atom is -0.380 e. The first-order chi connectivity index (χ1) is 7.16. The van der Waals surface area contributed by atoms with Gasteiger partial charge in [0.15, 0.2) is 0 Å². The lowest BCUT2D eigenvalue weighted by molar-refractivity contribution is 0.119. The molecular formula is C5H11NO. The lowest BCUT2D eigenvalue weighted by Crippen LogP contribution is -2.14. The SMILES string of the molecule is [2H]C([2H])([2H])OC1([2H])C([2H])([2H])NC([2H])([2H])C1([2H])[2H]. The fraction of sp³-hybridized carbons (Fsp3) is 1.00. The first-order valence-corrected chi connectivity index (χ1v) is 1.66. The van der Waals surface area contributed by atoms with Crippen LogP contribution < -0.4 is 5.32 Å². The maximum absolute atomic E-state index is 7.56. The Hall–Kier alpha value is -0.0800. The van der Waals surface area contributed by atoms with Gasteiger partial charge in [-0.05, 0) is 12.9 Å². The van der Waals surface area contributed by atoms with Crippen LogP contribution in [0.25, 0.3) is 0 Å². The van der Waals surface area contributed by atoms with Crippen molar-refractivity contribution in [2.75, 3.05) is 20.0 Å². The molecule has 0 aliphatic carbocycles. The second-order valence-electron chi connectivity index (χ2n) is 0.931. The second-order valence-corrected chi connectivity index (χ2v) is 0.931. The van der Waals surface area contributed by atoms with Gasteiger partial charge in [-0.1, -0.05) is 0 Å². The Morgan fingerprint density at radius 2 is 3.29 bits per heavy atom. The number of hydrogen-bond donors (Lipinski definition) is 1. The number of ether oxygens (including phenoxy) is 1. The molecule has 1 aliphatic rings. The van der Waals surface area contributed by atoms with Gasteiger partial charge in [-0.15, -0.1) is 0 Å². The van der Waals surface area contributed by atoms with E-state index in [2.05, 4.69) is 4.74 Å². The molecule has 0 spiro atoms. The van der Waals surface area contributed by atoms with Crippen molar-refractivity contribution in [3.63, 3.8) is 0 Å². The van der Waals surface area contributed by atoms with E-state index in [0.717, 1.165) is 0 Å². The molecule has 0 aromatic heterocycles. The van der Waals surface area contributed by atoms with Gasteiger partial charge in [-0.2, -0.15) is 0 Å². The molecule has 1 rings (SSSR count). The minimum absolute atomic E-state index is 1.60. The smallest absolute Gasteiger partial charge is 0.0707 e. The van der Waals surface area contributed by atoms with Crippen LogP contribution in [0.4, 0.5) is 0 Å². The van der Waals surface area contributed by atoms with E-state index >= 15 is 0 Å². The molecule has 2 heteroatoms. The van der Waals surface area contributed by atoms with Gasteiger partial charge in [0.1, 0.15) is 0 Å². The summed E-state index contributed by atoms with van der Waals surface area (Å²) in [6.45, 7) is -5.92. The van der Waals surface area contributed by atoms with Crippen molar-refractivity contribution in [2.24, 2.45) is 0 Å². The Bertz CT molecular complexity index is 323. The Morgan fingerprint density at radius 1 is 2.29 bits per heavy atom. The molecule has 1 fully saturated rings. The summed E-state index contributed by atoms with van der Waals surface area (Å²) >= 11 is 0. The first kappa shape index (κ1) is 0.847. The van der Waals surface area contributed by atoms with E-state index in [1.807, 2.05) is 0 Å². The highest BCUT2D eigenvalue weighted by Gasteiger charge is 2.11. The molecule has 1 saturated heterocycles. The molecule has 2 nitrogen and oxygen atoms in total. The Morgan fingerprint density at radius 3 is 3.86 bits per heavy atom. The molecule has 1 N–H and O–H groups in total. The highest BCUT2D eigenvalue weighted by molar-refractivity contribution is 4.69. The van der Waals surface area contributed by atoms with Crippen molar-refractivity contribution in [2.45, 2.75) is 12.5 Å². The van der Waals surface area contributed by atoms with E-state index in [-0.39, 0.29) is 0 Å². The molecule has 0 bridgehead atoms. The molecule has 42 valence electrons.